The lowest BCUT2D eigenvalue weighted by molar-refractivity contribution is -0.130. The van der Waals surface area contributed by atoms with E-state index in [4.69, 9.17) is 5.26 Å². The van der Waals surface area contributed by atoms with Gasteiger partial charge in [0.15, 0.2) is 0 Å². The number of carbonyl (C=O) groups excluding carboxylic acids is 2. The molecule has 1 aliphatic rings. The molecule has 0 radical (unpaired) electrons. The normalized spacial score (nSPS) is 17.4. The highest BCUT2D eigenvalue weighted by Crippen LogP contribution is 2.06. The first-order valence-corrected chi connectivity index (χ1v) is 6.90. The van der Waals surface area contributed by atoms with Gasteiger partial charge in [0.05, 0.1) is 0 Å². The average Bonchev–Trinajstić information content (AvgIpc) is 2.44. The van der Waals surface area contributed by atoms with Crippen LogP contribution in [0.4, 0.5) is 0 Å². The van der Waals surface area contributed by atoms with Crippen molar-refractivity contribution in [3.05, 3.63) is 11.8 Å². The molecule has 0 saturated carbocycles. The standard InChI is InChI=1S/C14H22N4O2/c1-4-11(2)16-14(20)13(9-15)10-17-5-7-18(8-6-17)12(3)19/h10-11H,4-8H2,1-3H3,(H,16,20)/b13-10-. The molecule has 1 aliphatic heterocycles. The molecule has 6 nitrogen and oxygen atoms in total. The number of carbonyl (C=O) groups is 2. The molecule has 1 atom stereocenters. The quantitative estimate of drug-likeness (QED) is 0.599. The maximum Gasteiger partial charge on any atom is 0.263 e. The number of nitriles is 1. The summed E-state index contributed by atoms with van der Waals surface area (Å²) in [6.45, 7) is 7.95. The van der Waals surface area contributed by atoms with Crippen molar-refractivity contribution in [2.24, 2.45) is 0 Å². The van der Waals surface area contributed by atoms with Crippen molar-refractivity contribution >= 4 is 11.8 Å². The molecule has 0 bridgehead atoms. The molecule has 1 N–H and O–H groups in total. The van der Waals surface area contributed by atoms with Gasteiger partial charge in [-0.3, -0.25) is 9.59 Å². The molecule has 0 aliphatic carbocycles. The molecule has 110 valence electrons. The van der Waals surface area contributed by atoms with Crippen molar-refractivity contribution in [2.75, 3.05) is 26.2 Å². The fourth-order valence-corrected chi connectivity index (χ4v) is 1.89. The van der Waals surface area contributed by atoms with Crippen LogP contribution < -0.4 is 5.32 Å². The molecule has 1 heterocycles. The van der Waals surface area contributed by atoms with Crippen LogP contribution in [-0.2, 0) is 9.59 Å². The molecular weight excluding hydrogens is 256 g/mol. The van der Waals surface area contributed by atoms with Crippen LogP contribution in [-0.4, -0.2) is 53.8 Å². The van der Waals surface area contributed by atoms with Crippen molar-refractivity contribution in [3.8, 4) is 6.07 Å². The smallest absolute Gasteiger partial charge is 0.263 e. The van der Waals surface area contributed by atoms with E-state index in [-0.39, 0.29) is 23.4 Å². The van der Waals surface area contributed by atoms with E-state index in [0.29, 0.717) is 26.2 Å². The van der Waals surface area contributed by atoms with Gasteiger partial charge in [-0.05, 0) is 13.3 Å². The summed E-state index contributed by atoms with van der Waals surface area (Å²) in [5.74, 6) is -0.278. The zero-order valence-corrected chi connectivity index (χ0v) is 12.3. The Morgan fingerprint density at radius 3 is 2.40 bits per heavy atom. The summed E-state index contributed by atoms with van der Waals surface area (Å²) in [5, 5.41) is 11.9. The van der Waals surface area contributed by atoms with E-state index in [1.54, 1.807) is 18.0 Å². The van der Waals surface area contributed by atoms with Crippen LogP contribution in [0.2, 0.25) is 0 Å². The minimum Gasteiger partial charge on any atom is -0.373 e. The third kappa shape index (κ3) is 4.57. The average molecular weight is 278 g/mol. The van der Waals surface area contributed by atoms with Crippen LogP contribution in [0.1, 0.15) is 27.2 Å². The first-order valence-electron chi connectivity index (χ1n) is 6.90. The van der Waals surface area contributed by atoms with E-state index in [1.807, 2.05) is 24.8 Å². The Balaban J connectivity index is 2.60. The maximum absolute atomic E-state index is 11.9. The number of rotatable bonds is 4. The van der Waals surface area contributed by atoms with Gasteiger partial charge in [0.25, 0.3) is 5.91 Å². The molecular formula is C14H22N4O2. The fourth-order valence-electron chi connectivity index (χ4n) is 1.89. The topological polar surface area (TPSA) is 76.4 Å². The lowest BCUT2D eigenvalue weighted by atomic mass is 10.2. The number of nitrogens with zero attached hydrogens (tertiary/aromatic N) is 3. The van der Waals surface area contributed by atoms with Crippen LogP contribution >= 0.6 is 0 Å². The molecule has 1 saturated heterocycles. The Morgan fingerprint density at radius 2 is 1.95 bits per heavy atom. The third-order valence-corrected chi connectivity index (χ3v) is 3.43. The first kappa shape index (κ1) is 16.0. The molecule has 6 heteroatoms. The lowest BCUT2D eigenvalue weighted by Gasteiger charge is -2.33. The zero-order chi connectivity index (χ0) is 15.1. The van der Waals surface area contributed by atoms with Crippen molar-refractivity contribution in [1.29, 1.82) is 5.26 Å². The van der Waals surface area contributed by atoms with E-state index in [2.05, 4.69) is 5.32 Å². The zero-order valence-electron chi connectivity index (χ0n) is 12.3. The van der Waals surface area contributed by atoms with Crippen LogP contribution in [0.25, 0.3) is 0 Å². The van der Waals surface area contributed by atoms with Crippen molar-refractivity contribution < 1.29 is 9.59 Å². The number of amides is 2. The second-order valence-electron chi connectivity index (χ2n) is 4.98. The van der Waals surface area contributed by atoms with Crippen molar-refractivity contribution in [3.63, 3.8) is 0 Å². The molecule has 1 rings (SSSR count). The highest BCUT2D eigenvalue weighted by Gasteiger charge is 2.18. The Bertz CT molecular complexity index is 431. The highest BCUT2D eigenvalue weighted by atomic mass is 16.2. The van der Waals surface area contributed by atoms with Crippen LogP contribution in [0, 0.1) is 11.3 Å². The second kappa shape index (κ2) is 7.53. The van der Waals surface area contributed by atoms with Crippen LogP contribution in [0.15, 0.2) is 11.8 Å². The van der Waals surface area contributed by atoms with Gasteiger partial charge in [0.1, 0.15) is 11.6 Å². The number of nitrogens with one attached hydrogen (secondary N) is 1. The molecule has 20 heavy (non-hydrogen) atoms. The molecule has 1 fully saturated rings. The van der Waals surface area contributed by atoms with E-state index in [1.165, 1.54) is 0 Å². The van der Waals surface area contributed by atoms with Gasteiger partial charge >= 0.3 is 0 Å². The summed E-state index contributed by atoms with van der Waals surface area (Å²) in [4.78, 5) is 26.8. The summed E-state index contributed by atoms with van der Waals surface area (Å²) in [7, 11) is 0. The number of piperazine rings is 1. The predicted octanol–water partition coefficient (Wildman–Crippen LogP) is 0.473. The van der Waals surface area contributed by atoms with E-state index >= 15 is 0 Å². The minimum atomic E-state index is -0.337. The van der Waals surface area contributed by atoms with Gasteiger partial charge in [0, 0.05) is 45.3 Å². The fraction of sp³-hybridized carbons (Fsp3) is 0.643. The monoisotopic (exact) mass is 278 g/mol. The lowest BCUT2D eigenvalue weighted by Crippen LogP contribution is -2.46. The van der Waals surface area contributed by atoms with Crippen LogP contribution in [0.3, 0.4) is 0 Å². The summed E-state index contributed by atoms with van der Waals surface area (Å²) in [5.41, 5.74) is 0.113. The SMILES string of the molecule is CCC(C)NC(=O)/C(C#N)=C\N1CCN(C(C)=O)CC1. The molecule has 0 aromatic rings. The first-order chi connectivity index (χ1) is 9.47. The maximum atomic E-state index is 11.9. The molecule has 0 aromatic carbocycles. The van der Waals surface area contributed by atoms with Gasteiger partial charge in [-0.15, -0.1) is 0 Å². The Kier molecular flexibility index (Phi) is 6.04. The largest absolute Gasteiger partial charge is 0.373 e. The third-order valence-electron chi connectivity index (χ3n) is 3.43. The Morgan fingerprint density at radius 1 is 1.35 bits per heavy atom. The summed E-state index contributed by atoms with van der Waals surface area (Å²) >= 11 is 0. The molecule has 0 aromatic heterocycles. The second-order valence-corrected chi connectivity index (χ2v) is 4.98. The molecule has 1 unspecified atom stereocenters. The van der Waals surface area contributed by atoms with Gasteiger partial charge in [-0.2, -0.15) is 5.26 Å². The summed E-state index contributed by atoms with van der Waals surface area (Å²) < 4.78 is 0. The van der Waals surface area contributed by atoms with Crippen molar-refractivity contribution in [1.82, 2.24) is 15.1 Å². The molecule has 0 spiro atoms. The molecule has 2 amide bonds. The Labute approximate surface area is 120 Å². The summed E-state index contributed by atoms with van der Waals surface area (Å²) in [6.07, 6.45) is 2.41. The van der Waals surface area contributed by atoms with Gasteiger partial charge in [0.2, 0.25) is 5.91 Å². The van der Waals surface area contributed by atoms with Crippen LogP contribution in [0.5, 0.6) is 0 Å². The van der Waals surface area contributed by atoms with E-state index < -0.39 is 0 Å². The van der Waals surface area contributed by atoms with Gasteiger partial charge in [-0.25, -0.2) is 0 Å². The predicted molar refractivity (Wildman–Crippen MR) is 75.4 cm³/mol. The van der Waals surface area contributed by atoms with Gasteiger partial charge < -0.3 is 15.1 Å². The van der Waals surface area contributed by atoms with Crippen molar-refractivity contribution in [2.45, 2.75) is 33.2 Å². The van der Waals surface area contributed by atoms with Gasteiger partial charge in [-0.1, -0.05) is 6.92 Å². The number of hydrogen-bond acceptors (Lipinski definition) is 4. The highest BCUT2D eigenvalue weighted by molar-refractivity contribution is 5.97. The minimum absolute atomic E-state index is 0.0498. The van der Waals surface area contributed by atoms with E-state index in [9.17, 15) is 9.59 Å². The Hall–Kier alpha value is -2.03. The number of hydrogen-bond donors (Lipinski definition) is 1. The summed E-state index contributed by atoms with van der Waals surface area (Å²) in [6, 6.07) is 1.99. The van der Waals surface area contributed by atoms with E-state index in [0.717, 1.165) is 6.42 Å².